The second kappa shape index (κ2) is 8.39. The summed E-state index contributed by atoms with van der Waals surface area (Å²) in [7, 11) is 0. The number of ketones is 1. The molecule has 1 aliphatic rings. The number of fused-ring (bicyclic) bond motifs is 1. The van der Waals surface area contributed by atoms with Crippen LogP contribution < -0.4 is 4.90 Å². The molecular formula is C26H19FN2O4S. The molecule has 1 amide bonds. The quantitative estimate of drug-likeness (QED) is 0.237. The first-order valence-corrected chi connectivity index (χ1v) is 11.4. The number of aryl methyl sites for hydroxylation is 1. The van der Waals surface area contributed by atoms with Crippen LogP contribution in [0.3, 0.4) is 0 Å². The minimum absolute atomic E-state index is 0.0197. The summed E-state index contributed by atoms with van der Waals surface area (Å²) in [6.45, 7) is 2.04. The summed E-state index contributed by atoms with van der Waals surface area (Å²) in [6, 6.07) is 15.9. The zero-order valence-corrected chi connectivity index (χ0v) is 18.8. The summed E-state index contributed by atoms with van der Waals surface area (Å²) >= 11 is 1.28. The van der Waals surface area contributed by atoms with Crippen molar-refractivity contribution in [2.75, 3.05) is 4.90 Å². The number of aliphatic hydroxyl groups is 1. The molecule has 4 aromatic rings. The largest absolute Gasteiger partial charge is 0.508 e. The molecule has 0 spiro atoms. The minimum Gasteiger partial charge on any atom is -0.508 e. The number of carbonyl (C=O) groups is 2. The van der Waals surface area contributed by atoms with Gasteiger partial charge in [0.2, 0.25) is 0 Å². The Kier molecular flexibility index (Phi) is 5.37. The van der Waals surface area contributed by atoms with Crippen molar-refractivity contribution in [1.29, 1.82) is 0 Å². The van der Waals surface area contributed by atoms with Crippen LogP contribution in [-0.2, 0) is 16.0 Å². The van der Waals surface area contributed by atoms with Crippen molar-refractivity contribution in [1.82, 2.24) is 4.98 Å². The van der Waals surface area contributed by atoms with Gasteiger partial charge in [-0.2, -0.15) is 0 Å². The first kappa shape index (κ1) is 21.8. The van der Waals surface area contributed by atoms with Crippen molar-refractivity contribution in [3.8, 4) is 5.75 Å². The number of hydrogen-bond donors (Lipinski definition) is 2. The lowest BCUT2D eigenvalue weighted by molar-refractivity contribution is -0.132. The van der Waals surface area contributed by atoms with E-state index in [2.05, 4.69) is 4.98 Å². The lowest BCUT2D eigenvalue weighted by Gasteiger charge is -2.23. The third kappa shape index (κ3) is 3.62. The number of anilines is 1. The van der Waals surface area contributed by atoms with Gasteiger partial charge in [0, 0.05) is 5.56 Å². The molecule has 1 fully saturated rings. The molecule has 3 aromatic carbocycles. The van der Waals surface area contributed by atoms with E-state index >= 15 is 0 Å². The van der Waals surface area contributed by atoms with Crippen LogP contribution >= 0.6 is 11.3 Å². The Labute approximate surface area is 198 Å². The molecule has 2 N–H and O–H groups in total. The Bertz CT molecular complexity index is 1460. The van der Waals surface area contributed by atoms with E-state index in [4.69, 9.17) is 0 Å². The number of hydrogen-bond acceptors (Lipinski definition) is 6. The number of thiazole rings is 1. The maximum Gasteiger partial charge on any atom is 0.301 e. The van der Waals surface area contributed by atoms with Crippen LogP contribution in [-0.4, -0.2) is 26.9 Å². The Morgan fingerprint density at radius 1 is 1.06 bits per heavy atom. The van der Waals surface area contributed by atoms with E-state index in [1.165, 1.54) is 52.6 Å². The van der Waals surface area contributed by atoms with E-state index < -0.39 is 29.3 Å². The Morgan fingerprint density at radius 2 is 1.76 bits per heavy atom. The maximum absolute atomic E-state index is 13.4. The summed E-state index contributed by atoms with van der Waals surface area (Å²) in [5.41, 5.74) is 2.41. The summed E-state index contributed by atoms with van der Waals surface area (Å²) < 4.78 is 14.3. The molecule has 1 aliphatic heterocycles. The Morgan fingerprint density at radius 3 is 2.44 bits per heavy atom. The van der Waals surface area contributed by atoms with Crippen molar-refractivity contribution in [2.24, 2.45) is 0 Å². The van der Waals surface area contributed by atoms with E-state index in [1.807, 2.05) is 25.1 Å². The van der Waals surface area contributed by atoms with Gasteiger partial charge >= 0.3 is 5.91 Å². The van der Waals surface area contributed by atoms with Crippen molar-refractivity contribution in [2.45, 2.75) is 19.4 Å². The van der Waals surface area contributed by atoms with Gasteiger partial charge < -0.3 is 10.2 Å². The van der Waals surface area contributed by atoms with Crippen molar-refractivity contribution in [3.63, 3.8) is 0 Å². The Balaban J connectivity index is 1.71. The van der Waals surface area contributed by atoms with E-state index in [9.17, 15) is 24.2 Å². The number of phenolic OH excluding ortho intramolecular Hbond substituents is 1. The number of aliphatic hydroxyl groups excluding tert-OH is 1. The molecule has 0 unspecified atom stereocenters. The zero-order valence-electron chi connectivity index (χ0n) is 18.0. The van der Waals surface area contributed by atoms with Crippen LogP contribution in [0.5, 0.6) is 5.75 Å². The van der Waals surface area contributed by atoms with Gasteiger partial charge in [-0.3, -0.25) is 14.5 Å². The third-order valence-corrected chi connectivity index (χ3v) is 6.84. The maximum atomic E-state index is 13.4. The van der Waals surface area contributed by atoms with E-state index in [1.54, 1.807) is 12.1 Å². The average molecular weight is 475 g/mol. The van der Waals surface area contributed by atoms with Gasteiger partial charge in [-0.1, -0.05) is 36.5 Å². The van der Waals surface area contributed by atoms with Gasteiger partial charge in [0.15, 0.2) is 5.13 Å². The molecule has 0 aliphatic carbocycles. The Hall–Kier alpha value is -4.04. The standard InChI is InChI=1S/C26H19FN2O4S/c1-2-14-3-12-19-20(13-14)34-26(28-19)29-22(15-6-10-18(30)11-7-15)21(24(32)25(29)33)23(31)16-4-8-17(27)9-5-16/h3-13,22,30-31H,2H2,1H3/b23-21+/t22-/m0/s1. The topological polar surface area (TPSA) is 90.7 Å². The molecule has 2 heterocycles. The van der Waals surface area contributed by atoms with Crippen LogP contribution in [0.15, 0.2) is 72.3 Å². The number of halogens is 1. The number of aromatic nitrogens is 1. The highest BCUT2D eigenvalue weighted by Gasteiger charge is 2.48. The number of aromatic hydroxyl groups is 1. The smallest absolute Gasteiger partial charge is 0.301 e. The van der Waals surface area contributed by atoms with Gasteiger partial charge in [0.1, 0.15) is 17.3 Å². The zero-order chi connectivity index (χ0) is 24.0. The highest BCUT2D eigenvalue weighted by atomic mass is 32.1. The van der Waals surface area contributed by atoms with E-state index in [-0.39, 0.29) is 16.9 Å². The van der Waals surface area contributed by atoms with Gasteiger partial charge in [0.25, 0.3) is 5.78 Å². The molecule has 1 aromatic heterocycles. The van der Waals surface area contributed by atoms with Crippen LogP contribution in [0.2, 0.25) is 0 Å². The molecule has 0 radical (unpaired) electrons. The molecule has 5 rings (SSSR count). The number of amides is 1. The first-order valence-electron chi connectivity index (χ1n) is 10.6. The van der Waals surface area contributed by atoms with Crippen LogP contribution in [0, 0.1) is 5.82 Å². The van der Waals surface area contributed by atoms with Crippen LogP contribution in [0.25, 0.3) is 16.0 Å². The van der Waals surface area contributed by atoms with Crippen molar-refractivity contribution >= 4 is 44.1 Å². The summed E-state index contributed by atoms with van der Waals surface area (Å²) in [6.07, 6.45) is 0.846. The molecular weight excluding hydrogens is 455 g/mol. The van der Waals surface area contributed by atoms with Crippen LogP contribution in [0.4, 0.5) is 9.52 Å². The predicted molar refractivity (Wildman–Crippen MR) is 128 cm³/mol. The van der Waals surface area contributed by atoms with E-state index in [0.717, 1.165) is 16.7 Å². The highest BCUT2D eigenvalue weighted by molar-refractivity contribution is 7.22. The number of nitrogens with zero attached hydrogens (tertiary/aromatic N) is 2. The molecule has 170 valence electrons. The second-order valence-corrected chi connectivity index (χ2v) is 8.93. The SMILES string of the molecule is CCc1ccc2nc(N3C(=O)C(=O)/C(=C(/O)c4ccc(F)cc4)[C@@H]3c3ccc(O)cc3)sc2c1. The molecule has 8 heteroatoms. The minimum atomic E-state index is -0.975. The van der Waals surface area contributed by atoms with Gasteiger partial charge in [-0.05, 0) is 66.1 Å². The van der Waals surface area contributed by atoms with Gasteiger partial charge in [0.05, 0.1) is 21.8 Å². The summed E-state index contributed by atoms with van der Waals surface area (Å²) in [5, 5.41) is 21.1. The molecule has 0 saturated carbocycles. The molecule has 1 atom stereocenters. The number of benzene rings is 3. The fourth-order valence-electron chi connectivity index (χ4n) is 4.04. The number of rotatable bonds is 4. The second-order valence-electron chi connectivity index (χ2n) is 7.92. The lowest BCUT2D eigenvalue weighted by Crippen LogP contribution is -2.29. The van der Waals surface area contributed by atoms with Gasteiger partial charge in [-0.25, -0.2) is 9.37 Å². The lowest BCUT2D eigenvalue weighted by atomic mass is 9.95. The number of Topliss-reactive ketones (excluding diaryl/α,β-unsaturated/α-hetero) is 1. The van der Waals surface area contributed by atoms with Crippen molar-refractivity contribution < 1.29 is 24.2 Å². The number of carbonyl (C=O) groups excluding carboxylic acids is 2. The molecule has 6 nitrogen and oxygen atoms in total. The molecule has 1 saturated heterocycles. The first-order chi connectivity index (χ1) is 16.4. The molecule has 34 heavy (non-hydrogen) atoms. The highest BCUT2D eigenvalue weighted by Crippen LogP contribution is 2.44. The number of phenols is 1. The fourth-order valence-corrected chi connectivity index (χ4v) is 5.10. The monoisotopic (exact) mass is 474 g/mol. The fraction of sp³-hybridized carbons (Fsp3) is 0.115. The van der Waals surface area contributed by atoms with E-state index in [0.29, 0.717) is 16.2 Å². The van der Waals surface area contributed by atoms with Gasteiger partial charge in [-0.15, -0.1) is 0 Å². The average Bonchev–Trinajstić information content (AvgIpc) is 3.37. The molecule has 0 bridgehead atoms. The normalized spacial score (nSPS) is 17.6. The third-order valence-electron chi connectivity index (χ3n) is 5.83. The summed E-state index contributed by atoms with van der Waals surface area (Å²) in [4.78, 5) is 32.3. The van der Waals surface area contributed by atoms with Crippen molar-refractivity contribution in [3.05, 3.63) is 94.8 Å². The predicted octanol–water partition coefficient (Wildman–Crippen LogP) is 5.33. The van der Waals surface area contributed by atoms with Crippen LogP contribution in [0.1, 0.15) is 29.7 Å². The summed E-state index contributed by atoms with van der Waals surface area (Å²) in [5.74, 6) is -2.57.